The van der Waals surface area contributed by atoms with Crippen molar-refractivity contribution in [2.45, 2.75) is 244 Å². The Kier molecular flexibility index (Phi) is 37.2. The number of allylic oxidation sites excluding steroid dienone is 1. The maximum atomic E-state index is 12.4. The minimum absolute atomic E-state index is 0.0181. The van der Waals surface area contributed by atoms with Crippen LogP contribution in [0.4, 0.5) is 0 Å². The molecule has 0 bridgehead atoms. The lowest BCUT2D eigenvalue weighted by Gasteiger charge is -2.21. The molecular formula is C42H83NO4. The molecule has 0 spiro atoms. The van der Waals surface area contributed by atoms with Gasteiger partial charge in [0.05, 0.1) is 31.3 Å². The number of carbonyl (C=O) groups is 1. The molecule has 0 aromatic carbocycles. The molecule has 4 N–H and O–H groups in total. The number of unbranched alkanes of at least 4 members (excludes halogenated alkanes) is 29. The van der Waals surface area contributed by atoms with Crippen molar-refractivity contribution in [2.24, 2.45) is 0 Å². The lowest BCUT2D eigenvalue weighted by atomic mass is 10.0. The third-order valence-corrected chi connectivity index (χ3v) is 9.82. The molecule has 0 aliphatic carbocycles. The van der Waals surface area contributed by atoms with E-state index in [0.29, 0.717) is 6.42 Å². The molecule has 0 aliphatic heterocycles. The Morgan fingerprint density at radius 3 is 1.23 bits per heavy atom. The van der Waals surface area contributed by atoms with Gasteiger partial charge in [-0.15, -0.1) is 0 Å². The number of aliphatic hydroxyl groups excluding tert-OH is 3. The fraction of sp³-hybridized carbons (Fsp3) is 0.929. The molecule has 0 aromatic rings. The predicted octanol–water partition coefficient (Wildman–Crippen LogP) is 11.7. The van der Waals surface area contributed by atoms with E-state index in [4.69, 9.17) is 0 Å². The first-order valence-electron chi connectivity index (χ1n) is 21.0. The number of rotatable bonds is 38. The zero-order valence-electron chi connectivity index (χ0n) is 31.7. The average molecular weight is 666 g/mol. The van der Waals surface area contributed by atoms with Crippen LogP contribution in [0.25, 0.3) is 0 Å². The quantitative estimate of drug-likeness (QED) is 0.0390. The van der Waals surface area contributed by atoms with E-state index in [0.717, 1.165) is 25.7 Å². The lowest BCUT2D eigenvalue weighted by Crippen LogP contribution is -2.45. The minimum atomic E-state index is -0.923. The number of carbonyl (C=O) groups excluding carboxylic acids is 1. The first kappa shape index (κ1) is 46.1. The second kappa shape index (κ2) is 37.9. The third kappa shape index (κ3) is 34.7. The number of hydrogen-bond acceptors (Lipinski definition) is 4. The van der Waals surface area contributed by atoms with Crippen LogP contribution < -0.4 is 5.32 Å². The van der Waals surface area contributed by atoms with Crippen LogP contribution in [-0.4, -0.2) is 46.1 Å². The topological polar surface area (TPSA) is 89.8 Å². The minimum Gasteiger partial charge on any atom is -0.394 e. The highest BCUT2D eigenvalue weighted by atomic mass is 16.3. The number of amides is 1. The van der Waals surface area contributed by atoms with E-state index in [1.54, 1.807) is 6.08 Å². The van der Waals surface area contributed by atoms with Gasteiger partial charge in [-0.1, -0.05) is 212 Å². The molecule has 1 amide bonds. The van der Waals surface area contributed by atoms with Crippen LogP contribution in [0.3, 0.4) is 0 Å². The Balaban J connectivity index is 3.65. The molecule has 5 nitrogen and oxygen atoms in total. The molecule has 0 fully saturated rings. The van der Waals surface area contributed by atoms with Gasteiger partial charge < -0.3 is 20.6 Å². The van der Waals surface area contributed by atoms with Crippen LogP contribution in [0.1, 0.15) is 226 Å². The molecule has 47 heavy (non-hydrogen) atoms. The van der Waals surface area contributed by atoms with Gasteiger partial charge in [-0.05, 0) is 19.3 Å². The summed E-state index contributed by atoms with van der Waals surface area (Å²) < 4.78 is 0. The first-order chi connectivity index (χ1) is 23.0. The summed E-state index contributed by atoms with van der Waals surface area (Å²) in [5.41, 5.74) is 0. The van der Waals surface area contributed by atoms with Crippen molar-refractivity contribution in [3.63, 3.8) is 0 Å². The maximum absolute atomic E-state index is 12.4. The maximum Gasteiger partial charge on any atom is 0.222 e. The van der Waals surface area contributed by atoms with Crippen LogP contribution in [0, 0.1) is 0 Å². The van der Waals surface area contributed by atoms with Gasteiger partial charge in [0.2, 0.25) is 5.91 Å². The molecule has 5 heteroatoms. The molecule has 0 aromatic heterocycles. The average Bonchev–Trinajstić information content (AvgIpc) is 3.06. The van der Waals surface area contributed by atoms with E-state index in [1.165, 1.54) is 173 Å². The first-order valence-corrected chi connectivity index (χ1v) is 21.0. The summed E-state index contributed by atoms with van der Waals surface area (Å²) in [7, 11) is 0. The summed E-state index contributed by atoms with van der Waals surface area (Å²) >= 11 is 0. The van der Waals surface area contributed by atoms with E-state index in [9.17, 15) is 20.1 Å². The molecule has 0 rings (SSSR count). The van der Waals surface area contributed by atoms with E-state index in [1.807, 2.05) is 6.08 Å². The fourth-order valence-electron chi connectivity index (χ4n) is 6.58. The highest BCUT2D eigenvalue weighted by molar-refractivity contribution is 5.76. The summed E-state index contributed by atoms with van der Waals surface area (Å²) in [6.07, 6.45) is 43.5. The molecule has 3 atom stereocenters. The molecular weight excluding hydrogens is 582 g/mol. The number of hydrogen-bond donors (Lipinski definition) is 4. The van der Waals surface area contributed by atoms with Crippen LogP contribution in [0.15, 0.2) is 12.2 Å². The zero-order chi connectivity index (χ0) is 34.5. The molecule has 280 valence electrons. The van der Waals surface area contributed by atoms with Crippen molar-refractivity contribution < 1.29 is 20.1 Å². The molecule has 3 unspecified atom stereocenters. The van der Waals surface area contributed by atoms with E-state index in [-0.39, 0.29) is 18.9 Å². The second-order valence-electron chi connectivity index (χ2n) is 14.6. The summed E-state index contributed by atoms with van der Waals surface area (Å²) in [5.74, 6) is -0.313. The van der Waals surface area contributed by atoms with Gasteiger partial charge >= 0.3 is 0 Å². The van der Waals surface area contributed by atoms with Gasteiger partial charge in [-0.2, -0.15) is 0 Å². The van der Waals surface area contributed by atoms with Gasteiger partial charge in [-0.3, -0.25) is 4.79 Å². The fourth-order valence-corrected chi connectivity index (χ4v) is 6.58. The van der Waals surface area contributed by atoms with Crippen molar-refractivity contribution in [3.05, 3.63) is 12.2 Å². The molecule has 0 aliphatic rings. The standard InChI is InChI=1S/C42H83NO4/c1-3-5-7-9-11-13-15-17-18-19-20-21-22-23-24-26-28-30-32-34-36-41(46)40(38-44)43-42(47)37-39(45)35-33-31-29-27-25-16-14-12-10-8-6-4-2/h34,36,39-41,44-46H,3-33,35,37-38H2,1-2H3,(H,43,47)/b36-34+. The van der Waals surface area contributed by atoms with Gasteiger partial charge in [0, 0.05) is 0 Å². The van der Waals surface area contributed by atoms with Crippen molar-refractivity contribution in [3.8, 4) is 0 Å². The number of aliphatic hydroxyl groups is 3. The second-order valence-corrected chi connectivity index (χ2v) is 14.6. The van der Waals surface area contributed by atoms with Crippen LogP contribution in [0.2, 0.25) is 0 Å². The molecule has 0 radical (unpaired) electrons. The molecule has 0 saturated heterocycles. The summed E-state index contributed by atoms with van der Waals surface area (Å²) in [4.78, 5) is 12.4. The molecule has 0 heterocycles. The van der Waals surface area contributed by atoms with Crippen molar-refractivity contribution in [1.82, 2.24) is 5.32 Å². The largest absolute Gasteiger partial charge is 0.394 e. The Labute approximate surface area is 293 Å². The van der Waals surface area contributed by atoms with E-state index < -0.39 is 18.2 Å². The molecule has 0 saturated carbocycles. The third-order valence-electron chi connectivity index (χ3n) is 9.82. The highest BCUT2D eigenvalue weighted by Gasteiger charge is 2.20. The SMILES string of the molecule is CCCCCCCCCCCCCCCCCCCC/C=C/C(O)C(CO)NC(=O)CC(O)CCCCCCCCCCCCCC. The van der Waals surface area contributed by atoms with Crippen molar-refractivity contribution in [1.29, 1.82) is 0 Å². The summed E-state index contributed by atoms with van der Waals surface area (Å²) in [5, 5.41) is 33.1. The summed E-state index contributed by atoms with van der Waals surface area (Å²) in [6.45, 7) is 4.21. The van der Waals surface area contributed by atoms with Gasteiger partial charge in [0.15, 0.2) is 0 Å². The normalized spacial score (nSPS) is 13.7. The Morgan fingerprint density at radius 1 is 0.532 bits per heavy atom. The van der Waals surface area contributed by atoms with Crippen LogP contribution in [-0.2, 0) is 4.79 Å². The highest BCUT2D eigenvalue weighted by Crippen LogP contribution is 2.16. The van der Waals surface area contributed by atoms with E-state index in [2.05, 4.69) is 19.2 Å². The van der Waals surface area contributed by atoms with Gasteiger partial charge in [0.1, 0.15) is 0 Å². The predicted molar refractivity (Wildman–Crippen MR) is 204 cm³/mol. The van der Waals surface area contributed by atoms with Gasteiger partial charge in [0.25, 0.3) is 0 Å². The summed E-state index contributed by atoms with van der Waals surface area (Å²) in [6, 6.07) is -0.738. The van der Waals surface area contributed by atoms with Crippen molar-refractivity contribution in [2.75, 3.05) is 6.61 Å². The zero-order valence-corrected chi connectivity index (χ0v) is 31.7. The number of nitrogens with one attached hydrogen (secondary N) is 1. The monoisotopic (exact) mass is 666 g/mol. The van der Waals surface area contributed by atoms with Crippen LogP contribution >= 0.6 is 0 Å². The van der Waals surface area contributed by atoms with Crippen molar-refractivity contribution >= 4 is 5.91 Å². The Bertz CT molecular complexity index is 655. The van der Waals surface area contributed by atoms with Crippen LogP contribution in [0.5, 0.6) is 0 Å². The smallest absolute Gasteiger partial charge is 0.222 e. The Morgan fingerprint density at radius 2 is 0.872 bits per heavy atom. The Hall–Kier alpha value is -0.910. The van der Waals surface area contributed by atoms with E-state index >= 15 is 0 Å². The van der Waals surface area contributed by atoms with Gasteiger partial charge in [-0.25, -0.2) is 0 Å². The lowest BCUT2D eigenvalue weighted by molar-refractivity contribution is -0.124.